The Morgan fingerprint density at radius 3 is 0.918 bits per heavy atom. The molecule has 0 saturated heterocycles. The summed E-state index contributed by atoms with van der Waals surface area (Å²) in [7, 11) is 0. The molecule has 0 saturated carbocycles. The Balaban J connectivity index is 1.14. The van der Waals surface area contributed by atoms with Crippen molar-refractivity contribution in [2.24, 2.45) is 0 Å². The fourth-order valence-corrected chi connectivity index (χ4v) is 3.81. The van der Waals surface area contributed by atoms with E-state index in [0.29, 0.717) is 151 Å². The molecule has 0 fully saturated rings. The summed E-state index contributed by atoms with van der Waals surface area (Å²) in [6.07, 6.45) is 0. The van der Waals surface area contributed by atoms with Gasteiger partial charge >= 0.3 is 5.97 Å². The third kappa shape index (κ3) is 27.9. The Kier molecular flexibility index (Phi) is 29.5. The van der Waals surface area contributed by atoms with Gasteiger partial charge in [-0.2, -0.15) is 0 Å². The number of benzene rings is 2. The summed E-state index contributed by atoms with van der Waals surface area (Å²) in [4.78, 5) is 11.8. The number of carbonyl (C=O) groups is 1. The van der Waals surface area contributed by atoms with Gasteiger partial charge in [0.05, 0.1) is 151 Å². The molecule has 0 N–H and O–H groups in total. The molecule has 13 nitrogen and oxygen atoms in total. The lowest BCUT2D eigenvalue weighted by atomic mass is 10.2. The second-order valence-corrected chi connectivity index (χ2v) is 10.2. The smallest absolute Gasteiger partial charge is 0.338 e. The molecule has 2 aromatic rings. The lowest BCUT2D eigenvalue weighted by molar-refractivity contribution is -0.0282. The van der Waals surface area contributed by atoms with Gasteiger partial charge in [-0.3, -0.25) is 0 Å². The minimum atomic E-state index is -0.357. The van der Waals surface area contributed by atoms with Crippen molar-refractivity contribution in [2.45, 2.75) is 6.61 Å². The van der Waals surface area contributed by atoms with E-state index in [1.165, 1.54) is 0 Å². The predicted octanol–water partition coefficient (Wildman–Crippen LogP) is 3.23. The number of carbonyl (C=O) groups excluding carboxylic acids is 1. The van der Waals surface area contributed by atoms with E-state index in [1.54, 1.807) is 24.3 Å². The molecule has 0 aliphatic heterocycles. The van der Waals surface area contributed by atoms with Gasteiger partial charge in [-0.15, -0.1) is 0 Å². The number of hydrogen-bond donors (Lipinski definition) is 0. The number of hydrogen-bond acceptors (Lipinski definition) is 13. The molecule has 0 aromatic heterocycles. The molecule has 2 aromatic carbocycles. The molecule has 0 radical (unpaired) electrons. The second-order valence-electron chi connectivity index (χ2n) is 10.2. The van der Waals surface area contributed by atoms with Crippen LogP contribution in [0.5, 0.6) is 0 Å². The number of rotatable bonds is 36. The van der Waals surface area contributed by atoms with Crippen molar-refractivity contribution in [3.63, 3.8) is 0 Å². The van der Waals surface area contributed by atoms with Crippen LogP contribution in [0.2, 0.25) is 0 Å². The first-order chi connectivity index (χ1) is 24.4. The van der Waals surface area contributed by atoms with Gasteiger partial charge in [-0.25, -0.2) is 4.79 Å². The Bertz CT molecular complexity index is 968. The molecule has 0 spiro atoms. The fraction of sp³-hybridized carbons (Fsp3) is 0.639. The first-order valence-corrected chi connectivity index (χ1v) is 17.0. The van der Waals surface area contributed by atoms with Crippen molar-refractivity contribution in [3.05, 3.63) is 71.8 Å². The maximum Gasteiger partial charge on any atom is 0.338 e. The molecular formula is C36H56O13. The van der Waals surface area contributed by atoms with E-state index in [9.17, 15) is 4.79 Å². The highest BCUT2D eigenvalue weighted by atomic mass is 16.6. The maximum absolute atomic E-state index is 11.8. The Morgan fingerprint density at radius 1 is 0.327 bits per heavy atom. The molecular weight excluding hydrogens is 640 g/mol. The Morgan fingerprint density at radius 2 is 0.592 bits per heavy atom. The Hall–Kier alpha value is -2.53. The lowest BCUT2D eigenvalue weighted by Crippen LogP contribution is -2.15. The van der Waals surface area contributed by atoms with Gasteiger partial charge in [0.1, 0.15) is 6.61 Å². The zero-order valence-corrected chi connectivity index (χ0v) is 28.8. The van der Waals surface area contributed by atoms with E-state index in [-0.39, 0.29) is 12.6 Å². The van der Waals surface area contributed by atoms with Crippen LogP contribution < -0.4 is 0 Å². The van der Waals surface area contributed by atoms with Crippen LogP contribution in [-0.2, 0) is 63.4 Å². The van der Waals surface area contributed by atoms with Crippen molar-refractivity contribution in [1.82, 2.24) is 0 Å². The first-order valence-electron chi connectivity index (χ1n) is 17.0. The van der Waals surface area contributed by atoms with Crippen LogP contribution in [0.15, 0.2) is 60.7 Å². The first kappa shape index (κ1) is 42.6. The van der Waals surface area contributed by atoms with E-state index >= 15 is 0 Å². The zero-order chi connectivity index (χ0) is 34.6. The van der Waals surface area contributed by atoms with E-state index in [0.717, 1.165) is 5.56 Å². The standard InChI is InChI=1S/C36H56O13/c37-36(35-9-5-2-6-10-35)49-32-31-47-28-27-45-24-23-43-20-19-41-16-15-39-12-11-38-13-14-40-17-18-42-21-22-44-25-26-46-29-30-48-33-34-7-3-1-4-8-34/h1-10H,11-33H2. The van der Waals surface area contributed by atoms with Gasteiger partial charge in [0, 0.05) is 0 Å². The van der Waals surface area contributed by atoms with Gasteiger partial charge in [0.2, 0.25) is 0 Å². The van der Waals surface area contributed by atoms with Gasteiger partial charge in [-0.1, -0.05) is 48.5 Å². The number of esters is 1. The van der Waals surface area contributed by atoms with Crippen LogP contribution in [-0.4, -0.2) is 151 Å². The maximum atomic E-state index is 11.8. The highest BCUT2D eigenvalue weighted by Gasteiger charge is 2.05. The predicted molar refractivity (Wildman–Crippen MR) is 181 cm³/mol. The summed E-state index contributed by atoms with van der Waals surface area (Å²) in [5.74, 6) is -0.357. The minimum absolute atomic E-state index is 0.201. The molecule has 0 unspecified atom stereocenters. The molecule has 0 aliphatic rings. The molecule has 0 heterocycles. The van der Waals surface area contributed by atoms with E-state index in [2.05, 4.69) is 0 Å². The topological polar surface area (TPSA) is 128 Å². The molecule has 0 atom stereocenters. The summed E-state index contributed by atoms with van der Waals surface area (Å²) >= 11 is 0. The van der Waals surface area contributed by atoms with Crippen molar-refractivity contribution < 1.29 is 61.6 Å². The lowest BCUT2D eigenvalue weighted by Gasteiger charge is -2.09. The van der Waals surface area contributed by atoms with Gasteiger partial charge < -0.3 is 56.8 Å². The van der Waals surface area contributed by atoms with Crippen molar-refractivity contribution in [2.75, 3.05) is 145 Å². The third-order valence-electron chi connectivity index (χ3n) is 6.30. The third-order valence-corrected chi connectivity index (χ3v) is 6.30. The molecule has 49 heavy (non-hydrogen) atoms. The average molecular weight is 697 g/mol. The van der Waals surface area contributed by atoms with Crippen LogP contribution in [0.25, 0.3) is 0 Å². The van der Waals surface area contributed by atoms with E-state index in [4.69, 9.17) is 56.8 Å². The SMILES string of the molecule is O=C(OCCOCCOCCOCCOCCOCCOCCOCCOCCOCCOCCOCc1ccccc1)c1ccccc1. The number of ether oxygens (including phenoxy) is 12. The molecule has 278 valence electrons. The largest absolute Gasteiger partial charge is 0.460 e. The summed E-state index contributed by atoms with van der Waals surface area (Å²) < 4.78 is 65.4. The fourth-order valence-electron chi connectivity index (χ4n) is 3.81. The van der Waals surface area contributed by atoms with Gasteiger partial charge in [-0.05, 0) is 17.7 Å². The quantitative estimate of drug-likeness (QED) is 0.0765. The van der Waals surface area contributed by atoms with Crippen LogP contribution in [0.3, 0.4) is 0 Å². The summed E-state index contributed by atoms with van der Waals surface area (Å²) in [5, 5.41) is 0. The van der Waals surface area contributed by atoms with Gasteiger partial charge in [0.15, 0.2) is 0 Å². The van der Waals surface area contributed by atoms with Crippen molar-refractivity contribution in [1.29, 1.82) is 0 Å². The van der Waals surface area contributed by atoms with Crippen molar-refractivity contribution >= 4 is 5.97 Å². The molecule has 0 bridgehead atoms. The zero-order valence-electron chi connectivity index (χ0n) is 28.8. The van der Waals surface area contributed by atoms with Crippen LogP contribution in [0.4, 0.5) is 0 Å². The summed E-state index contributed by atoms with van der Waals surface area (Å²) in [6.45, 7) is 11.1. The average Bonchev–Trinajstić information content (AvgIpc) is 3.14. The van der Waals surface area contributed by atoms with Crippen LogP contribution in [0, 0.1) is 0 Å². The second kappa shape index (κ2) is 33.9. The highest BCUT2D eigenvalue weighted by molar-refractivity contribution is 5.89. The van der Waals surface area contributed by atoms with E-state index in [1.807, 2.05) is 36.4 Å². The van der Waals surface area contributed by atoms with E-state index < -0.39 is 0 Å². The van der Waals surface area contributed by atoms with Crippen LogP contribution >= 0.6 is 0 Å². The monoisotopic (exact) mass is 696 g/mol. The van der Waals surface area contributed by atoms with Crippen LogP contribution in [0.1, 0.15) is 15.9 Å². The molecule has 0 amide bonds. The highest BCUT2D eigenvalue weighted by Crippen LogP contribution is 2.01. The Labute approximate surface area is 291 Å². The molecule has 13 heteroatoms. The normalized spacial score (nSPS) is 11.3. The van der Waals surface area contributed by atoms with Crippen molar-refractivity contribution in [3.8, 4) is 0 Å². The summed E-state index contributed by atoms with van der Waals surface area (Å²) in [6, 6.07) is 18.9. The summed E-state index contributed by atoms with van der Waals surface area (Å²) in [5.41, 5.74) is 1.68. The molecule has 0 aliphatic carbocycles. The minimum Gasteiger partial charge on any atom is -0.460 e. The van der Waals surface area contributed by atoms with Gasteiger partial charge in [0.25, 0.3) is 0 Å². The molecule has 2 rings (SSSR count).